The Balaban J connectivity index is 1.67. The molecule has 0 spiro atoms. The number of nitrogens with one attached hydrogen (secondary N) is 1. The molecule has 3 aromatic heterocycles. The van der Waals surface area contributed by atoms with Crippen LogP contribution < -0.4 is 5.32 Å². The van der Waals surface area contributed by atoms with Crippen LogP contribution in [0.4, 0.5) is 5.82 Å². The van der Waals surface area contributed by atoms with Crippen LogP contribution in [0.1, 0.15) is 10.9 Å². The van der Waals surface area contributed by atoms with Gasteiger partial charge in [-0.25, -0.2) is 9.97 Å². The molecule has 0 fully saturated rings. The van der Waals surface area contributed by atoms with E-state index in [1.54, 1.807) is 17.7 Å². The zero-order valence-electron chi connectivity index (χ0n) is 13.6. The fourth-order valence-electron chi connectivity index (χ4n) is 2.86. The first-order valence-corrected chi connectivity index (χ1v) is 8.68. The molecule has 4 aromatic rings. The molecule has 5 nitrogen and oxygen atoms in total. The fraction of sp³-hybridized carbons (Fsp3) is 0.222. The van der Waals surface area contributed by atoms with E-state index in [-0.39, 0.29) is 6.04 Å². The van der Waals surface area contributed by atoms with Crippen LogP contribution >= 0.6 is 11.3 Å². The normalized spacial score (nSPS) is 13.0. The molecule has 3 heterocycles. The number of thiophene rings is 1. The molecule has 1 atom stereocenters. The van der Waals surface area contributed by atoms with Crippen LogP contribution in [0.3, 0.4) is 0 Å². The Bertz CT molecular complexity index is 962. The van der Waals surface area contributed by atoms with E-state index in [1.165, 1.54) is 4.88 Å². The first kappa shape index (κ1) is 15.1. The van der Waals surface area contributed by atoms with Crippen molar-refractivity contribution in [3.8, 4) is 0 Å². The monoisotopic (exact) mass is 338 g/mol. The first-order valence-electron chi connectivity index (χ1n) is 7.80. The molecular weight excluding hydrogens is 320 g/mol. The van der Waals surface area contributed by atoms with Gasteiger partial charge in [-0.05, 0) is 37.7 Å². The van der Waals surface area contributed by atoms with Gasteiger partial charge in [-0.1, -0.05) is 18.2 Å². The van der Waals surface area contributed by atoms with Gasteiger partial charge >= 0.3 is 0 Å². The van der Waals surface area contributed by atoms with E-state index < -0.39 is 0 Å². The number of benzene rings is 1. The smallest absolute Gasteiger partial charge is 0.196 e. The predicted octanol–water partition coefficient (Wildman–Crippen LogP) is 4.15. The maximum absolute atomic E-state index is 5.97. The Labute approximate surface area is 143 Å². The fourth-order valence-corrected chi connectivity index (χ4v) is 3.78. The first-order chi connectivity index (χ1) is 11.7. The van der Waals surface area contributed by atoms with Crippen molar-refractivity contribution in [3.05, 3.63) is 53.0 Å². The van der Waals surface area contributed by atoms with Gasteiger partial charge in [-0.15, -0.1) is 11.3 Å². The lowest BCUT2D eigenvalue weighted by Gasteiger charge is -2.23. The maximum Gasteiger partial charge on any atom is 0.196 e. The van der Waals surface area contributed by atoms with Crippen LogP contribution in [0.25, 0.3) is 22.1 Å². The number of para-hydroxylation sites is 1. The summed E-state index contributed by atoms with van der Waals surface area (Å²) in [6.07, 6.45) is 1.59. The number of rotatable bonds is 5. The summed E-state index contributed by atoms with van der Waals surface area (Å²) >= 11 is 1.76. The number of nitrogens with zero attached hydrogens (tertiary/aromatic N) is 3. The second kappa shape index (κ2) is 6.22. The van der Waals surface area contributed by atoms with E-state index in [0.29, 0.717) is 5.58 Å². The molecular formula is C18H18N4OS. The summed E-state index contributed by atoms with van der Waals surface area (Å²) in [6, 6.07) is 12.4. The van der Waals surface area contributed by atoms with Crippen molar-refractivity contribution in [2.45, 2.75) is 6.04 Å². The summed E-state index contributed by atoms with van der Waals surface area (Å²) in [6.45, 7) is 0.747. The second-order valence-corrected chi connectivity index (χ2v) is 6.85. The minimum absolute atomic E-state index is 0.277. The summed E-state index contributed by atoms with van der Waals surface area (Å²) in [5, 5.41) is 6.56. The minimum atomic E-state index is 0.277. The van der Waals surface area contributed by atoms with Gasteiger partial charge in [0, 0.05) is 16.8 Å². The van der Waals surface area contributed by atoms with Crippen LogP contribution in [-0.4, -0.2) is 35.5 Å². The topological polar surface area (TPSA) is 54.2 Å². The molecule has 0 bridgehead atoms. The molecule has 0 unspecified atom stereocenters. The van der Waals surface area contributed by atoms with Crippen molar-refractivity contribution in [2.75, 3.05) is 26.0 Å². The molecule has 0 saturated carbocycles. The Morgan fingerprint density at radius 2 is 2.04 bits per heavy atom. The van der Waals surface area contributed by atoms with Crippen molar-refractivity contribution >= 4 is 39.2 Å². The van der Waals surface area contributed by atoms with E-state index in [4.69, 9.17) is 4.42 Å². The standard InChI is InChI=1S/C18H18N4OS/c1-22(2)13(15-8-5-9-24-15)10-19-18-17-16(20-11-21-18)12-6-3-4-7-14(12)23-17/h3-9,11,13H,10H2,1-2H3,(H,19,20,21)/t13-/m1/s1. The number of hydrogen-bond acceptors (Lipinski definition) is 6. The average Bonchev–Trinajstić information content (AvgIpc) is 3.22. The molecule has 4 rings (SSSR count). The van der Waals surface area contributed by atoms with Gasteiger partial charge in [-0.3, -0.25) is 0 Å². The Hall–Kier alpha value is -2.44. The van der Waals surface area contributed by atoms with E-state index in [9.17, 15) is 0 Å². The van der Waals surface area contributed by atoms with Crippen LogP contribution in [-0.2, 0) is 0 Å². The zero-order valence-corrected chi connectivity index (χ0v) is 14.4. The lowest BCUT2D eigenvalue weighted by molar-refractivity contribution is 0.316. The van der Waals surface area contributed by atoms with Crippen LogP contribution in [0.2, 0.25) is 0 Å². The van der Waals surface area contributed by atoms with Gasteiger partial charge in [0.2, 0.25) is 0 Å². The molecule has 122 valence electrons. The van der Waals surface area contributed by atoms with Crippen molar-refractivity contribution in [2.24, 2.45) is 0 Å². The minimum Gasteiger partial charge on any atom is -0.450 e. The summed E-state index contributed by atoms with van der Waals surface area (Å²) in [5.41, 5.74) is 2.39. The number of fused-ring (bicyclic) bond motifs is 3. The molecule has 0 aliphatic rings. The van der Waals surface area contributed by atoms with Gasteiger partial charge in [0.25, 0.3) is 0 Å². The van der Waals surface area contributed by atoms with Gasteiger partial charge in [0.1, 0.15) is 17.4 Å². The molecule has 0 saturated heterocycles. The number of anilines is 1. The summed E-state index contributed by atoms with van der Waals surface area (Å²) in [7, 11) is 4.17. The SMILES string of the molecule is CN(C)[C@H](CNc1ncnc2c1oc1ccccc12)c1cccs1. The average molecular weight is 338 g/mol. The molecule has 0 amide bonds. The van der Waals surface area contributed by atoms with Crippen molar-refractivity contribution in [3.63, 3.8) is 0 Å². The van der Waals surface area contributed by atoms with Gasteiger partial charge < -0.3 is 14.6 Å². The highest BCUT2D eigenvalue weighted by atomic mass is 32.1. The van der Waals surface area contributed by atoms with Crippen LogP contribution in [0.15, 0.2) is 52.5 Å². The second-order valence-electron chi connectivity index (χ2n) is 5.87. The summed E-state index contributed by atoms with van der Waals surface area (Å²) in [4.78, 5) is 12.3. The molecule has 1 N–H and O–H groups in total. The number of aromatic nitrogens is 2. The lowest BCUT2D eigenvalue weighted by atomic mass is 10.2. The highest BCUT2D eigenvalue weighted by Crippen LogP contribution is 2.31. The Kier molecular flexibility index (Phi) is 3.92. The molecule has 0 aliphatic heterocycles. The van der Waals surface area contributed by atoms with Gasteiger partial charge in [0.15, 0.2) is 11.4 Å². The van der Waals surface area contributed by atoms with Crippen LogP contribution in [0, 0.1) is 0 Å². The van der Waals surface area contributed by atoms with Crippen molar-refractivity contribution in [1.82, 2.24) is 14.9 Å². The Morgan fingerprint density at radius 1 is 1.17 bits per heavy atom. The third-order valence-corrected chi connectivity index (χ3v) is 5.09. The van der Waals surface area contributed by atoms with Gasteiger partial charge in [-0.2, -0.15) is 0 Å². The van der Waals surface area contributed by atoms with E-state index >= 15 is 0 Å². The highest BCUT2D eigenvalue weighted by Gasteiger charge is 2.17. The number of hydrogen-bond donors (Lipinski definition) is 1. The number of likely N-dealkylation sites (N-methyl/N-ethyl adjacent to an activating group) is 1. The third kappa shape index (κ3) is 2.64. The van der Waals surface area contributed by atoms with Crippen molar-refractivity contribution in [1.29, 1.82) is 0 Å². The molecule has 1 aromatic carbocycles. The van der Waals surface area contributed by atoms with E-state index in [2.05, 4.69) is 51.8 Å². The largest absolute Gasteiger partial charge is 0.450 e. The van der Waals surface area contributed by atoms with Crippen molar-refractivity contribution < 1.29 is 4.42 Å². The van der Waals surface area contributed by atoms with E-state index in [1.807, 2.05) is 24.3 Å². The highest BCUT2D eigenvalue weighted by molar-refractivity contribution is 7.10. The summed E-state index contributed by atoms with van der Waals surface area (Å²) < 4.78 is 5.97. The zero-order chi connectivity index (χ0) is 16.5. The maximum atomic E-state index is 5.97. The lowest BCUT2D eigenvalue weighted by Crippen LogP contribution is -2.26. The van der Waals surface area contributed by atoms with Crippen LogP contribution in [0.5, 0.6) is 0 Å². The van der Waals surface area contributed by atoms with Gasteiger partial charge in [0.05, 0.1) is 6.04 Å². The van der Waals surface area contributed by atoms with E-state index in [0.717, 1.165) is 28.8 Å². The quantitative estimate of drug-likeness (QED) is 0.592. The Morgan fingerprint density at radius 3 is 2.83 bits per heavy atom. The molecule has 0 aliphatic carbocycles. The summed E-state index contributed by atoms with van der Waals surface area (Å²) in [5.74, 6) is 0.736. The predicted molar refractivity (Wildman–Crippen MR) is 98.5 cm³/mol. The molecule has 6 heteroatoms. The number of furan rings is 1. The molecule has 24 heavy (non-hydrogen) atoms. The third-order valence-electron chi connectivity index (χ3n) is 4.12. The molecule has 0 radical (unpaired) electrons.